The summed E-state index contributed by atoms with van der Waals surface area (Å²) < 4.78 is 32.7. The minimum atomic E-state index is -2.66. The van der Waals surface area contributed by atoms with E-state index in [0.717, 1.165) is 0 Å². The van der Waals surface area contributed by atoms with Crippen LogP contribution in [0.15, 0.2) is 10.7 Å². The Labute approximate surface area is 89.4 Å². The van der Waals surface area contributed by atoms with Crippen LogP contribution >= 0.6 is 20.3 Å². The highest BCUT2D eigenvalue weighted by atomic mass is 32.2. The van der Waals surface area contributed by atoms with E-state index in [0.29, 0.717) is 17.9 Å². The summed E-state index contributed by atoms with van der Waals surface area (Å²) in [6.07, 6.45) is 2.23. The fourth-order valence-electron chi connectivity index (χ4n) is 1.42. The molecule has 1 aliphatic heterocycles. The molecule has 0 aromatic heterocycles. The van der Waals surface area contributed by atoms with Gasteiger partial charge in [0.1, 0.15) is 0 Å². The standard InChI is InChI=1S/C9H15F2OPS/c1-6(2)7-8(14-3)12-4-5-13-9(7,10)11/h6,13H,4-5H2,1-3H3. The summed E-state index contributed by atoms with van der Waals surface area (Å²) in [7, 11) is -0.346. The Kier molecular flexibility index (Phi) is 4.20. The van der Waals surface area contributed by atoms with Gasteiger partial charge in [0.05, 0.1) is 12.2 Å². The first-order valence-electron chi connectivity index (χ1n) is 4.53. The number of ether oxygens (including phenoxy) is 1. The number of halogens is 2. The highest BCUT2D eigenvalue weighted by Crippen LogP contribution is 2.48. The summed E-state index contributed by atoms with van der Waals surface area (Å²) in [4.78, 5) is 0. The molecule has 0 bridgehead atoms. The Morgan fingerprint density at radius 1 is 1.50 bits per heavy atom. The lowest BCUT2D eigenvalue weighted by Gasteiger charge is -2.22. The second-order valence-corrected chi connectivity index (χ2v) is 5.67. The number of allylic oxidation sites excluding steroid dienone is 1. The zero-order valence-electron chi connectivity index (χ0n) is 8.56. The molecular weight excluding hydrogens is 225 g/mol. The van der Waals surface area contributed by atoms with E-state index in [-0.39, 0.29) is 20.1 Å². The van der Waals surface area contributed by atoms with Crippen LogP contribution in [0.4, 0.5) is 8.78 Å². The van der Waals surface area contributed by atoms with Crippen molar-refractivity contribution in [3.8, 4) is 0 Å². The monoisotopic (exact) mass is 240 g/mol. The molecule has 0 aromatic rings. The van der Waals surface area contributed by atoms with Gasteiger partial charge >= 0.3 is 0 Å². The summed E-state index contributed by atoms with van der Waals surface area (Å²) in [6.45, 7) is 4.00. The first-order valence-corrected chi connectivity index (χ1v) is 6.96. The second kappa shape index (κ2) is 4.80. The molecule has 0 amide bonds. The van der Waals surface area contributed by atoms with Gasteiger partial charge in [0.15, 0.2) is 5.09 Å². The van der Waals surface area contributed by atoms with Crippen LogP contribution in [0.5, 0.6) is 0 Å². The average molecular weight is 240 g/mol. The highest BCUT2D eigenvalue weighted by molar-refractivity contribution is 8.02. The SMILES string of the molecule is CSC1=C(C(C)C)C(F)(F)PCCO1. The number of thioether (sulfide) groups is 1. The van der Waals surface area contributed by atoms with Gasteiger partial charge in [-0.1, -0.05) is 25.6 Å². The molecule has 0 saturated heterocycles. The van der Waals surface area contributed by atoms with Crippen LogP contribution in [-0.2, 0) is 4.74 Å². The van der Waals surface area contributed by atoms with Gasteiger partial charge in [-0.3, -0.25) is 0 Å². The molecule has 5 heteroatoms. The van der Waals surface area contributed by atoms with Crippen LogP contribution in [0.1, 0.15) is 13.8 Å². The molecule has 0 aliphatic carbocycles. The molecule has 0 saturated carbocycles. The van der Waals surface area contributed by atoms with Crippen LogP contribution in [-0.4, -0.2) is 24.7 Å². The molecule has 0 radical (unpaired) electrons. The average Bonchev–Trinajstić information content (AvgIpc) is 2.22. The zero-order chi connectivity index (χ0) is 10.8. The van der Waals surface area contributed by atoms with Crippen molar-refractivity contribution in [2.24, 2.45) is 5.92 Å². The summed E-state index contributed by atoms with van der Waals surface area (Å²) in [6, 6.07) is 0. The molecule has 1 nitrogen and oxygen atoms in total. The van der Waals surface area contributed by atoms with Crippen LogP contribution in [0, 0.1) is 5.92 Å². The number of alkyl halides is 2. The predicted molar refractivity (Wildman–Crippen MR) is 59.5 cm³/mol. The molecule has 0 fully saturated rings. The van der Waals surface area contributed by atoms with Crippen molar-refractivity contribution >= 4 is 20.3 Å². The van der Waals surface area contributed by atoms with Crippen LogP contribution < -0.4 is 0 Å². The molecule has 82 valence electrons. The van der Waals surface area contributed by atoms with Crippen molar-refractivity contribution < 1.29 is 13.5 Å². The largest absolute Gasteiger partial charge is 0.487 e. The van der Waals surface area contributed by atoms with Gasteiger partial charge in [0.2, 0.25) is 0 Å². The van der Waals surface area contributed by atoms with Crippen LogP contribution in [0.3, 0.4) is 0 Å². The molecule has 1 atom stereocenters. The van der Waals surface area contributed by atoms with Gasteiger partial charge in [-0.15, -0.1) is 0 Å². The van der Waals surface area contributed by atoms with Gasteiger partial charge in [-0.2, -0.15) is 8.78 Å². The molecule has 0 spiro atoms. The van der Waals surface area contributed by atoms with E-state index in [2.05, 4.69) is 0 Å². The normalized spacial score (nSPS) is 23.9. The van der Waals surface area contributed by atoms with E-state index in [1.165, 1.54) is 11.8 Å². The Morgan fingerprint density at radius 3 is 2.64 bits per heavy atom. The van der Waals surface area contributed by atoms with Gasteiger partial charge in [0, 0.05) is 6.16 Å². The number of rotatable bonds is 2. The van der Waals surface area contributed by atoms with Crippen LogP contribution in [0.25, 0.3) is 0 Å². The smallest absolute Gasteiger partial charge is 0.287 e. The van der Waals surface area contributed by atoms with E-state index in [1.54, 1.807) is 20.1 Å². The molecule has 1 unspecified atom stereocenters. The quantitative estimate of drug-likeness (QED) is 0.683. The van der Waals surface area contributed by atoms with Gasteiger partial charge < -0.3 is 4.74 Å². The number of hydrogen-bond acceptors (Lipinski definition) is 2. The Balaban J connectivity index is 3.08. The van der Waals surface area contributed by atoms with E-state index in [9.17, 15) is 8.78 Å². The third-order valence-electron chi connectivity index (χ3n) is 2.00. The molecule has 0 N–H and O–H groups in total. The third kappa shape index (κ3) is 2.60. The lowest BCUT2D eigenvalue weighted by atomic mass is 10.1. The Bertz CT molecular complexity index is 241. The van der Waals surface area contributed by atoms with Crippen molar-refractivity contribution in [1.29, 1.82) is 0 Å². The molecule has 1 aliphatic rings. The lowest BCUT2D eigenvalue weighted by molar-refractivity contribution is 0.127. The minimum absolute atomic E-state index is 0.155. The molecular formula is C9H15F2OPS. The van der Waals surface area contributed by atoms with Gasteiger partial charge in [-0.25, -0.2) is 0 Å². The molecule has 14 heavy (non-hydrogen) atoms. The third-order valence-corrected chi connectivity index (χ3v) is 3.88. The summed E-state index contributed by atoms with van der Waals surface area (Å²) in [5.74, 6) is -0.155. The van der Waals surface area contributed by atoms with E-state index in [1.807, 2.05) is 0 Å². The Hall–Kier alpha value is 0.180. The van der Waals surface area contributed by atoms with Gasteiger partial charge in [-0.05, 0) is 20.8 Å². The van der Waals surface area contributed by atoms with E-state index in [4.69, 9.17) is 4.74 Å². The Morgan fingerprint density at radius 2 is 2.14 bits per heavy atom. The van der Waals surface area contributed by atoms with Crippen molar-refractivity contribution in [2.45, 2.75) is 19.5 Å². The first-order chi connectivity index (χ1) is 6.49. The maximum absolute atomic E-state index is 13.7. The van der Waals surface area contributed by atoms with Gasteiger partial charge in [0.25, 0.3) is 5.66 Å². The molecule has 1 rings (SSSR count). The lowest BCUT2D eigenvalue weighted by Crippen LogP contribution is -2.18. The predicted octanol–water partition coefficient (Wildman–Crippen LogP) is 3.52. The maximum Gasteiger partial charge on any atom is 0.287 e. The minimum Gasteiger partial charge on any atom is -0.487 e. The number of hydrogen-bond donors (Lipinski definition) is 0. The first kappa shape index (κ1) is 12.3. The highest BCUT2D eigenvalue weighted by Gasteiger charge is 2.40. The fourth-order valence-corrected chi connectivity index (χ4v) is 3.41. The van der Waals surface area contributed by atoms with Crippen molar-refractivity contribution in [2.75, 3.05) is 19.0 Å². The second-order valence-electron chi connectivity index (χ2n) is 3.41. The molecule has 1 heterocycles. The van der Waals surface area contributed by atoms with E-state index < -0.39 is 5.66 Å². The van der Waals surface area contributed by atoms with Crippen molar-refractivity contribution in [3.63, 3.8) is 0 Å². The summed E-state index contributed by atoms with van der Waals surface area (Å²) >= 11 is 1.28. The summed E-state index contributed by atoms with van der Waals surface area (Å²) in [5, 5.41) is 0.426. The van der Waals surface area contributed by atoms with Crippen molar-refractivity contribution in [3.05, 3.63) is 10.7 Å². The van der Waals surface area contributed by atoms with Crippen molar-refractivity contribution in [1.82, 2.24) is 0 Å². The topological polar surface area (TPSA) is 9.23 Å². The van der Waals surface area contributed by atoms with Crippen LogP contribution in [0.2, 0.25) is 0 Å². The van der Waals surface area contributed by atoms with E-state index >= 15 is 0 Å². The molecule has 0 aromatic carbocycles. The zero-order valence-corrected chi connectivity index (χ0v) is 10.4. The summed E-state index contributed by atoms with van der Waals surface area (Å²) in [5.41, 5.74) is -2.48. The maximum atomic E-state index is 13.7. The fraction of sp³-hybridized carbons (Fsp3) is 0.778.